The van der Waals surface area contributed by atoms with Crippen molar-refractivity contribution in [2.24, 2.45) is 0 Å². The second-order valence-corrected chi connectivity index (χ2v) is 9.83. The van der Waals surface area contributed by atoms with E-state index >= 15 is 0 Å². The molecule has 1 saturated carbocycles. The zero-order valence-corrected chi connectivity index (χ0v) is 20.7. The summed E-state index contributed by atoms with van der Waals surface area (Å²) in [5.74, 6) is 2.35. The molecule has 0 saturated heterocycles. The normalized spacial score (nSPS) is 18.2. The molecular formula is C27H30N6O3. The van der Waals surface area contributed by atoms with E-state index < -0.39 is 0 Å². The number of carbonyl (C=O) groups is 1. The number of hydrogen-bond donors (Lipinski definition) is 2. The van der Waals surface area contributed by atoms with Gasteiger partial charge in [-0.25, -0.2) is 9.97 Å². The molecule has 186 valence electrons. The number of aryl methyl sites for hydroxylation is 1. The lowest BCUT2D eigenvalue weighted by Crippen LogP contribution is -2.40. The summed E-state index contributed by atoms with van der Waals surface area (Å²) in [6.07, 6.45) is 4.23. The molecule has 5 rings (SSSR count). The zero-order chi connectivity index (χ0) is 25.4. The fourth-order valence-corrected chi connectivity index (χ4v) is 5.25. The number of anilines is 2. The van der Waals surface area contributed by atoms with Crippen molar-refractivity contribution in [3.8, 4) is 11.1 Å². The molecule has 2 N–H and O–H groups in total. The number of nitro groups is 1. The number of aromatic nitrogens is 2. The minimum absolute atomic E-state index is 0.0768. The first-order valence-corrected chi connectivity index (χ1v) is 12.3. The Morgan fingerprint density at radius 1 is 1.03 bits per heavy atom. The molecule has 2 aliphatic carbocycles. The highest BCUT2D eigenvalue weighted by molar-refractivity contribution is 6.03. The van der Waals surface area contributed by atoms with Crippen molar-refractivity contribution in [2.45, 2.75) is 51.1 Å². The number of amides is 1. The summed E-state index contributed by atoms with van der Waals surface area (Å²) in [5, 5.41) is 18.0. The Balaban J connectivity index is 1.24. The van der Waals surface area contributed by atoms with Crippen molar-refractivity contribution in [2.75, 3.05) is 24.3 Å². The molecule has 9 heteroatoms. The minimum Gasteiger partial charge on any atom is -0.367 e. The van der Waals surface area contributed by atoms with E-state index in [1.165, 1.54) is 6.07 Å². The number of nitrogens with zero attached hydrogens (tertiary/aromatic N) is 4. The van der Waals surface area contributed by atoms with Gasteiger partial charge < -0.3 is 15.5 Å². The molecule has 0 atom stereocenters. The molecule has 3 aromatic rings. The van der Waals surface area contributed by atoms with E-state index in [0.29, 0.717) is 18.0 Å². The summed E-state index contributed by atoms with van der Waals surface area (Å²) in [6, 6.07) is 13.0. The van der Waals surface area contributed by atoms with Crippen LogP contribution in [0.3, 0.4) is 0 Å². The molecule has 1 heterocycles. The molecule has 36 heavy (non-hydrogen) atoms. The standard InChI is InChI=1S/C27H30N6O3/c1-16-28-24(15-25(29-16)32(2)3)30-19-7-9-20(10-8-19)31-27(34)23-6-4-5-17-13-18-14-21(33(35)36)11-12-22(18)26(17)23/h4-6,11-12,14-15,19-20H,7-10,13H2,1-3H3,(H,31,34)(H,28,29,30). The Morgan fingerprint density at radius 2 is 1.78 bits per heavy atom. The van der Waals surface area contributed by atoms with Gasteiger partial charge in [0.05, 0.1) is 4.92 Å². The minimum atomic E-state index is -0.380. The molecule has 0 bridgehead atoms. The molecule has 9 nitrogen and oxygen atoms in total. The molecule has 1 fully saturated rings. The van der Waals surface area contributed by atoms with Crippen molar-refractivity contribution in [3.63, 3.8) is 0 Å². The molecule has 0 radical (unpaired) electrons. The fourth-order valence-electron chi connectivity index (χ4n) is 5.25. The van der Waals surface area contributed by atoms with Crippen molar-refractivity contribution in [3.05, 3.63) is 75.1 Å². The average molecular weight is 487 g/mol. The van der Waals surface area contributed by atoms with E-state index in [9.17, 15) is 14.9 Å². The number of hydrogen-bond acceptors (Lipinski definition) is 7. The summed E-state index contributed by atoms with van der Waals surface area (Å²) in [6.45, 7) is 1.89. The first-order chi connectivity index (χ1) is 17.3. The second kappa shape index (κ2) is 9.56. The number of rotatable bonds is 6. The Labute approximate surface area is 210 Å². The van der Waals surface area contributed by atoms with Gasteiger partial charge in [0.1, 0.15) is 17.5 Å². The summed E-state index contributed by atoms with van der Waals surface area (Å²) in [5.41, 5.74) is 4.44. The highest BCUT2D eigenvalue weighted by Gasteiger charge is 2.28. The maximum Gasteiger partial charge on any atom is 0.269 e. The third-order valence-electron chi connectivity index (χ3n) is 7.04. The molecular weight excluding hydrogens is 456 g/mol. The van der Waals surface area contributed by atoms with Crippen LogP contribution in [0, 0.1) is 17.0 Å². The SMILES string of the molecule is Cc1nc(NC2CCC(NC(=O)c3cccc4c3-c3ccc([N+](=O)[O-])cc3C4)CC2)cc(N(C)C)n1. The fraction of sp³-hybridized carbons (Fsp3) is 0.370. The van der Waals surface area contributed by atoms with Crippen molar-refractivity contribution >= 4 is 23.2 Å². The van der Waals surface area contributed by atoms with Gasteiger partial charge in [-0.3, -0.25) is 14.9 Å². The maximum atomic E-state index is 13.3. The van der Waals surface area contributed by atoms with E-state index in [-0.39, 0.29) is 22.6 Å². The molecule has 0 aliphatic heterocycles. The van der Waals surface area contributed by atoms with Crippen LogP contribution in [0.2, 0.25) is 0 Å². The first kappa shape index (κ1) is 23.7. The van der Waals surface area contributed by atoms with Gasteiger partial charge in [0.25, 0.3) is 11.6 Å². The molecule has 1 aromatic heterocycles. The van der Waals surface area contributed by atoms with Crippen molar-refractivity contribution < 1.29 is 9.72 Å². The topological polar surface area (TPSA) is 113 Å². The van der Waals surface area contributed by atoms with Gasteiger partial charge in [0.2, 0.25) is 0 Å². The van der Waals surface area contributed by atoms with E-state index in [2.05, 4.69) is 20.6 Å². The lowest BCUT2D eigenvalue weighted by molar-refractivity contribution is -0.384. The van der Waals surface area contributed by atoms with Crippen LogP contribution in [0.1, 0.15) is 53.0 Å². The molecule has 0 unspecified atom stereocenters. The highest BCUT2D eigenvalue weighted by atomic mass is 16.6. The van der Waals surface area contributed by atoms with E-state index in [1.54, 1.807) is 12.1 Å². The van der Waals surface area contributed by atoms with Crippen LogP contribution in [-0.4, -0.2) is 47.0 Å². The summed E-state index contributed by atoms with van der Waals surface area (Å²) in [7, 11) is 3.92. The second-order valence-electron chi connectivity index (χ2n) is 9.83. The average Bonchev–Trinajstić information content (AvgIpc) is 3.22. The Kier molecular flexibility index (Phi) is 6.30. The highest BCUT2D eigenvalue weighted by Crippen LogP contribution is 2.40. The van der Waals surface area contributed by atoms with Gasteiger partial charge in [-0.2, -0.15) is 0 Å². The largest absolute Gasteiger partial charge is 0.367 e. The number of carbonyl (C=O) groups excluding carboxylic acids is 1. The lowest BCUT2D eigenvalue weighted by Gasteiger charge is -2.30. The van der Waals surface area contributed by atoms with Crippen LogP contribution < -0.4 is 15.5 Å². The van der Waals surface area contributed by atoms with Gasteiger partial charge in [0, 0.05) is 49.9 Å². The van der Waals surface area contributed by atoms with Crippen LogP contribution in [-0.2, 0) is 6.42 Å². The Morgan fingerprint density at radius 3 is 2.50 bits per heavy atom. The quantitative estimate of drug-likeness (QED) is 0.305. The van der Waals surface area contributed by atoms with Crippen molar-refractivity contribution in [1.82, 2.24) is 15.3 Å². The number of fused-ring (bicyclic) bond motifs is 3. The van der Waals surface area contributed by atoms with Gasteiger partial charge in [-0.1, -0.05) is 12.1 Å². The third-order valence-corrected chi connectivity index (χ3v) is 7.04. The van der Waals surface area contributed by atoms with Gasteiger partial charge in [-0.15, -0.1) is 0 Å². The molecule has 0 spiro atoms. The van der Waals surface area contributed by atoms with E-state index in [4.69, 9.17) is 0 Å². The van der Waals surface area contributed by atoms with Crippen LogP contribution >= 0.6 is 0 Å². The zero-order valence-electron chi connectivity index (χ0n) is 20.7. The van der Waals surface area contributed by atoms with Gasteiger partial charge >= 0.3 is 0 Å². The predicted octanol–water partition coefficient (Wildman–Crippen LogP) is 4.48. The van der Waals surface area contributed by atoms with E-state index in [0.717, 1.165) is 65.4 Å². The maximum absolute atomic E-state index is 13.3. The number of nitro benzene ring substituents is 1. The van der Waals surface area contributed by atoms with E-state index in [1.807, 2.05) is 50.2 Å². The van der Waals surface area contributed by atoms with Crippen molar-refractivity contribution in [1.29, 1.82) is 0 Å². The number of non-ortho nitro benzene ring substituents is 1. The Hall–Kier alpha value is -4.01. The number of benzene rings is 2. The predicted molar refractivity (Wildman–Crippen MR) is 140 cm³/mol. The molecule has 2 aromatic carbocycles. The monoisotopic (exact) mass is 486 g/mol. The van der Waals surface area contributed by atoms with Gasteiger partial charge in [0.15, 0.2) is 0 Å². The number of nitrogens with one attached hydrogen (secondary N) is 2. The smallest absolute Gasteiger partial charge is 0.269 e. The summed E-state index contributed by atoms with van der Waals surface area (Å²) in [4.78, 5) is 35.1. The molecule has 2 aliphatic rings. The first-order valence-electron chi connectivity index (χ1n) is 12.3. The van der Waals surface area contributed by atoms with Crippen LogP contribution in [0.25, 0.3) is 11.1 Å². The van der Waals surface area contributed by atoms with Crippen LogP contribution in [0.4, 0.5) is 17.3 Å². The summed E-state index contributed by atoms with van der Waals surface area (Å²) < 4.78 is 0. The lowest BCUT2D eigenvalue weighted by atomic mass is 9.90. The summed E-state index contributed by atoms with van der Waals surface area (Å²) >= 11 is 0. The third kappa shape index (κ3) is 4.73. The van der Waals surface area contributed by atoms with Crippen LogP contribution in [0.5, 0.6) is 0 Å². The Bertz CT molecular complexity index is 1330. The molecule has 1 amide bonds. The van der Waals surface area contributed by atoms with Crippen LogP contribution in [0.15, 0.2) is 42.5 Å². The van der Waals surface area contributed by atoms with Gasteiger partial charge in [-0.05, 0) is 73.4 Å².